The average Bonchev–Trinajstić information content (AvgIpc) is 3.12. The number of rotatable bonds is 5. The number of aryl methyl sites for hydroxylation is 1. The quantitative estimate of drug-likeness (QED) is 0.460. The lowest BCUT2D eigenvalue weighted by molar-refractivity contribution is -0.384. The van der Waals surface area contributed by atoms with Crippen molar-refractivity contribution < 1.29 is 14.5 Å². The van der Waals surface area contributed by atoms with Crippen LogP contribution in [0.3, 0.4) is 0 Å². The first kappa shape index (κ1) is 23.0. The Labute approximate surface area is 196 Å². The first-order chi connectivity index (χ1) is 16.3. The van der Waals surface area contributed by atoms with Gasteiger partial charge in [-0.1, -0.05) is 18.2 Å². The molecule has 0 radical (unpaired) electrons. The third-order valence-corrected chi connectivity index (χ3v) is 6.03. The van der Waals surface area contributed by atoms with Gasteiger partial charge in [0.05, 0.1) is 27.7 Å². The maximum atomic E-state index is 13.0. The second-order valence-corrected chi connectivity index (χ2v) is 8.20. The fraction of sp³-hybridized carbons (Fsp3) is 0.292. The largest absolute Gasteiger partial charge is 0.362 e. The van der Waals surface area contributed by atoms with Crippen LogP contribution in [0.5, 0.6) is 0 Å². The van der Waals surface area contributed by atoms with E-state index in [1.54, 1.807) is 28.6 Å². The minimum atomic E-state index is -0.479. The van der Waals surface area contributed by atoms with Crippen LogP contribution in [0.15, 0.2) is 48.5 Å². The Morgan fingerprint density at radius 3 is 2.32 bits per heavy atom. The van der Waals surface area contributed by atoms with Crippen molar-refractivity contribution in [1.29, 1.82) is 0 Å². The maximum Gasteiger partial charge on any atom is 0.293 e. The van der Waals surface area contributed by atoms with Crippen molar-refractivity contribution in [2.24, 2.45) is 0 Å². The first-order valence-electron chi connectivity index (χ1n) is 11.0. The Balaban J connectivity index is 1.57. The maximum absolute atomic E-state index is 13.0. The van der Waals surface area contributed by atoms with Gasteiger partial charge in [-0.2, -0.15) is 5.10 Å². The van der Waals surface area contributed by atoms with Crippen LogP contribution < -0.4 is 10.2 Å². The van der Waals surface area contributed by atoms with E-state index in [1.807, 2.05) is 42.2 Å². The molecule has 10 nitrogen and oxygen atoms in total. The molecule has 1 N–H and O–H groups in total. The monoisotopic (exact) mass is 462 g/mol. The number of carbonyl (C=O) groups is 2. The van der Waals surface area contributed by atoms with Gasteiger partial charge in [-0.05, 0) is 38.1 Å². The molecule has 2 heterocycles. The van der Waals surface area contributed by atoms with E-state index in [9.17, 15) is 19.7 Å². The van der Waals surface area contributed by atoms with Crippen LogP contribution in [0.1, 0.15) is 28.7 Å². The predicted molar refractivity (Wildman–Crippen MR) is 129 cm³/mol. The summed E-state index contributed by atoms with van der Waals surface area (Å²) in [6, 6.07) is 14.1. The Hall–Kier alpha value is -4.21. The second-order valence-electron chi connectivity index (χ2n) is 8.20. The first-order valence-corrected chi connectivity index (χ1v) is 11.0. The molecule has 176 valence electrons. The number of hydrogen-bond donors (Lipinski definition) is 1. The zero-order chi connectivity index (χ0) is 24.4. The van der Waals surface area contributed by atoms with Gasteiger partial charge >= 0.3 is 0 Å². The van der Waals surface area contributed by atoms with Crippen molar-refractivity contribution in [2.45, 2.75) is 20.8 Å². The summed E-state index contributed by atoms with van der Waals surface area (Å²) in [7, 11) is 0. The van der Waals surface area contributed by atoms with Gasteiger partial charge in [0, 0.05) is 44.7 Å². The van der Waals surface area contributed by atoms with Crippen LogP contribution in [0.4, 0.5) is 17.1 Å². The molecular formula is C24H26N6O4. The van der Waals surface area contributed by atoms with Crippen molar-refractivity contribution in [3.05, 3.63) is 75.6 Å². The van der Waals surface area contributed by atoms with E-state index in [4.69, 9.17) is 0 Å². The molecule has 0 unspecified atom stereocenters. The molecule has 1 aromatic heterocycles. The van der Waals surface area contributed by atoms with E-state index >= 15 is 0 Å². The van der Waals surface area contributed by atoms with Gasteiger partial charge < -0.3 is 15.1 Å². The van der Waals surface area contributed by atoms with Gasteiger partial charge in [0.15, 0.2) is 0 Å². The number of carbonyl (C=O) groups excluding carboxylic acids is 2. The van der Waals surface area contributed by atoms with Gasteiger partial charge in [0.2, 0.25) is 5.91 Å². The number of benzene rings is 2. The SMILES string of the molecule is CC(=O)N1CCN(c2ccc(C(=O)Nc3c(C)nn(-c4ccccc4)c3C)cc2[N+](=O)[O-])CC1. The molecule has 3 aromatic rings. The number of aromatic nitrogens is 2. The zero-order valence-electron chi connectivity index (χ0n) is 19.3. The molecule has 2 amide bonds. The molecule has 4 rings (SSSR count). The molecule has 0 saturated carbocycles. The summed E-state index contributed by atoms with van der Waals surface area (Å²) in [5.74, 6) is -0.461. The summed E-state index contributed by atoms with van der Waals surface area (Å²) in [6.07, 6.45) is 0. The molecule has 0 atom stereocenters. The van der Waals surface area contributed by atoms with Crippen LogP contribution in [0.25, 0.3) is 5.69 Å². The number of nitro groups is 1. The van der Waals surface area contributed by atoms with Crippen LogP contribution in [0, 0.1) is 24.0 Å². The molecule has 1 aliphatic heterocycles. The number of piperazine rings is 1. The van der Waals surface area contributed by atoms with Crippen molar-refractivity contribution in [1.82, 2.24) is 14.7 Å². The molecule has 10 heteroatoms. The summed E-state index contributed by atoms with van der Waals surface area (Å²) in [5, 5.41) is 19.2. The number of nitrogens with zero attached hydrogens (tertiary/aromatic N) is 5. The van der Waals surface area contributed by atoms with Crippen LogP contribution in [0.2, 0.25) is 0 Å². The molecule has 1 saturated heterocycles. The molecule has 0 bridgehead atoms. The fourth-order valence-corrected chi connectivity index (χ4v) is 4.17. The molecule has 1 fully saturated rings. The highest BCUT2D eigenvalue weighted by molar-refractivity contribution is 6.05. The lowest BCUT2D eigenvalue weighted by atomic mass is 10.1. The van der Waals surface area contributed by atoms with E-state index < -0.39 is 10.8 Å². The molecule has 2 aromatic carbocycles. The van der Waals surface area contributed by atoms with E-state index in [2.05, 4.69) is 10.4 Å². The molecule has 1 aliphatic rings. The summed E-state index contributed by atoms with van der Waals surface area (Å²) in [5.41, 5.74) is 3.32. The fourth-order valence-electron chi connectivity index (χ4n) is 4.17. The van der Waals surface area contributed by atoms with E-state index in [0.29, 0.717) is 43.2 Å². The van der Waals surface area contributed by atoms with Crippen molar-refractivity contribution in [2.75, 3.05) is 36.4 Å². The van der Waals surface area contributed by atoms with Crippen molar-refractivity contribution in [3.8, 4) is 5.69 Å². The lowest BCUT2D eigenvalue weighted by Gasteiger charge is -2.35. The van der Waals surface area contributed by atoms with Gasteiger partial charge in [0.1, 0.15) is 5.69 Å². The van der Waals surface area contributed by atoms with Crippen LogP contribution in [-0.2, 0) is 4.79 Å². The predicted octanol–water partition coefficient (Wildman–Crippen LogP) is 3.32. The normalized spacial score (nSPS) is 13.6. The highest BCUT2D eigenvalue weighted by Gasteiger charge is 2.26. The molecular weight excluding hydrogens is 436 g/mol. The van der Waals surface area contributed by atoms with Gasteiger partial charge in [-0.15, -0.1) is 0 Å². The minimum absolute atomic E-state index is 0.0117. The highest BCUT2D eigenvalue weighted by atomic mass is 16.6. The summed E-state index contributed by atoms with van der Waals surface area (Å²) >= 11 is 0. The Morgan fingerprint density at radius 2 is 1.71 bits per heavy atom. The Kier molecular flexibility index (Phi) is 6.31. The number of nitro benzene ring substituents is 1. The third-order valence-electron chi connectivity index (χ3n) is 6.03. The minimum Gasteiger partial charge on any atom is -0.362 e. The van der Waals surface area contributed by atoms with Crippen LogP contribution >= 0.6 is 0 Å². The number of amides is 2. The van der Waals surface area contributed by atoms with Crippen molar-refractivity contribution in [3.63, 3.8) is 0 Å². The second kappa shape index (κ2) is 9.34. The topological polar surface area (TPSA) is 114 Å². The Morgan fingerprint density at radius 1 is 1.03 bits per heavy atom. The number of hydrogen-bond acceptors (Lipinski definition) is 6. The smallest absolute Gasteiger partial charge is 0.293 e. The molecule has 0 spiro atoms. The van der Waals surface area contributed by atoms with Crippen molar-refractivity contribution >= 4 is 28.9 Å². The number of para-hydroxylation sites is 1. The molecule has 34 heavy (non-hydrogen) atoms. The summed E-state index contributed by atoms with van der Waals surface area (Å²) in [6.45, 7) is 7.14. The third kappa shape index (κ3) is 4.47. The van der Waals surface area contributed by atoms with Gasteiger partial charge in [0.25, 0.3) is 11.6 Å². The zero-order valence-corrected chi connectivity index (χ0v) is 19.3. The number of nitrogens with one attached hydrogen (secondary N) is 1. The molecule has 0 aliphatic carbocycles. The highest BCUT2D eigenvalue weighted by Crippen LogP contribution is 2.31. The summed E-state index contributed by atoms with van der Waals surface area (Å²) < 4.78 is 1.75. The van der Waals surface area contributed by atoms with E-state index in [1.165, 1.54) is 13.0 Å². The average molecular weight is 463 g/mol. The van der Waals surface area contributed by atoms with Gasteiger partial charge in [-0.25, -0.2) is 4.68 Å². The van der Waals surface area contributed by atoms with Gasteiger partial charge in [-0.3, -0.25) is 19.7 Å². The Bertz CT molecular complexity index is 1250. The van der Waals surface area contributed by atoms with E-state index in [-0.39, 0.29) is 17.2 Å². The van der Waals surface area contributed by atoms with E-state index in [0.717, 1.165) is 11.4 Å². The lowest BCUT2D eigenvalue weighted by Crippen LogP contribution is -2.48. The standard InChI is InChI=1S/C24H26N6O4/c1-16-23(17(2)29(26-16)20-7-5-4-6-8-20)25-24(32)19-9-10-21(22(15-19)30(33)34)28-13-11-27(12-14-28)18(3)31/h4-10,15H,11-14H2,1-3H3,(H,25,32). The number of anilines is 2. The summed E-state index contributed by atoms with van der Waals surface area (Å²) in [4.78, 5) is 39.5. The van der Waals surface area contributed by atoms with Crippen LogP contribution in [-0.4, -0.2) is 57.6 Å².